The van der Waals surface area contributed by atoms with Crippen LogP contribution >= 0.6 is 0 Å². The third-order valence-electron chi connectivity index (χ3n) is 0.607. The number of hydrogen-bond acceptors (Lipinski definition) is 0. The summed E-state index contributed by atoms with van der Waals surface area (Å²) in [6.45, 7) is 6.25. The Bertz CT molecular complexity index is 110. The van der Waals surface area contributed by atoms with Gasteiger partial charge in [-0.3, -0.25) is 4.70 Å². The third-order valence-corrected chi connectivity index (χ3v) is 0.607. The number of hydrogen-bond donors (Lipinski definition) is 0. The Morgan fingerprint density at radius 2 is 1.25 bits per heavy atom. The minimum atomic E-state index is 0. The van der Waals surface area contributed by atoms with Gasteiger partial charge in [-0.25, -0.2) is 0 Å². The summed E-state index contributed by atoms with van der Waals surface area (Å²) in [6, 6.07) is 12.5. The number of rotatable bonds is 0. The van der Waals surface area contributed by atoms with Crippen LogP contribution in [0, 0.1) is 12.0 Å². The molecule has 0 aliphatic carbocycles. The molecule has 0 aliphatic heterocycles. The van der Waals surface area contributed by atoms with E-state index in [1.54, 1.807) is 0 Å². The minimum Gasteiger partial charge on any atom is -0.323 e. The Hall–Kier alpha value is -0.266. The van der Waals surface area contributed by atoms with Crippen LogP contribution in [0.4, 0.5) is 4.70 Å². The number of halogens is 1. The third kappa shape index (κ3) is 22.6. The normalized spacial score (nSPS) is 7.00. The first-order valence-electron chi connectivity index (χ1n) is 3.41. The quantitative estimate of drug-likeness (QED) is 0.570. The Morgan fingerprint density at radius 3 is 1.33 bits per heavy atom. The first kappa shape index (κ1) is 17.7. The fourth-order valence-corrected chi connectivity index (χ4v) is 0.342. The van der Waals surface area contributed by atoms with Crippen molar-refractivity contribution < 1.29 is 23.3 Å². The molecule has 0 spiro atoms. The van der Waals surface area contributed by atoms with E-state index in [4.69, 9.17) is 0 Å². The SMILES string of the molecule is C[C-](C)C.F.[V+2].[c-]1ccccc1. The molecule has 0 amide bonds. The van der Waals surface area contributed by atoms with E-state index in [2.05, 4.69) is 26.8 Å². The van der Waals surface area contributed by atoms with E-state index in [1.807, 2.05) is 30.3 Å². The van der Waals surface area contributed by atoms with Crippen molar-refractivity contribution in [2.45, 2.75) is 20.8 Å². The Kier molecular flexibility index (Phi) is 19.7. The Labute approximate surface area is 86.6 Å². The second-order valence-corrected chi connectivity index (χ2v) is 2.58. The van der Waals surface area contributed by atoms with Gasteiger partial charge in [-0.1, -0.05) is 0 Å². The fourth-order valence-electron chi connectivity index (χ4n) is 0.342. The summed E-state index contributed by atoms with van der Waals surface area (Å²) in [4.78, 5) is 0. The monoisotopic (exact) mass is 205 g/mol. The minimum absolute atomic E-state index is 0. The Balaban J connectivity index is -0.000000124. The average molecular weight is 205 g/mol. The molecule has 0 fully saturated rings. The van der Waals surface area contributed by atoms with Gasteiger partial charge in [0.2, 0.25) is 0 Å². The van der Waals surface area contributed by atoms with Crippen LogP contribution in [-0.2, 0) is 18.6 Å². The van der Waals surface area contributed by atoms with E-state index in [1.165, 1.54) is 5.92 Å². The maximum Gasteiger partial charge on any atom is 2.00 e. The molecule has 1 aromatic carbocycles. The molecular weight excluding hydrogens is 190 g/mol. The standard InChI is InChI=1S/C6H5.C4H9.FH.V/c1-2-4-6-5-3-1;1-4(2)3;;/h1-5H;1-3H3;1H;/q2*-1;;+2. The molecule has 0 aliphatic rings. The van der Waals surface area contributed by atoms with Crippen molar-refractivity contribution in [3.8, 4) is 0 Å². The smallest absolute Gasteiger partial charge is 0.323 e. The topological polar surface area (TPSA) is 0 Å². The van der Waals surface area contributed by atoms with E-state index in [9.17, 15) is 0 Å². The van der Waals surface area contributed by atoms with Crippen LogP contribution in [0.25, 0.3) is 0 Å². The molecule has 0 bridgehead atoms. The second-order valence-electron chi connectivity index (χ2n) is 2.58. The van der Waals surface area contributed by atoms with E-state index in [-0.39, 0.29) is 23.3 Å². The zero-order chi connectivity index (χ0) is 7.82. The largest absolute Gasteiger partial charge is 2.00 e. The van der Waals surface area contributed by atoms with Crippen LogP contribution in [-0.4, -0.2) is 0 Å². The predicted octanol–water partition coefficient (Wildman–Crippen LogP) is 3.26. The number of benzene rings is 1. The summed E-state index contributed by atoms with van der Waals surface area (Å²) < 4.78 is 0. The van der Waals surface area contributed by atoms with Crippen LogP contribution in [0.15, 0.2) is 30.3 Å². The summed E-state index contributed by atoms with van der Waals surface area (Å²) in [5, 5.41) is 0. The van der Waals surface area contributed by atoms with E-state index < -0.39 is 0 Å². The Morgan fingerprint density at radius 1 is 0.917 bits per heavy atom. The van der Waals surface area contributed by atoms with Crippen LogP contribution in [0.2, 0.25) is 0 Å². The van der Waals surface area contributed by atoms with Crippen molar-refractivity contribution in [1.29, 1.82) is 0 Å². The van der Waals surface area contributed by atoms with Gasteiger partial charge >= 0.3 is 18.6 Å². The molecule has 1 aromatic rings. The van der Waals surface area contributed by atoms with E-state index in [0.29, 0.717) is 0 Å². The van der Waals surface area contributed by atoms with Crippen molar-refractivity contribution in [3.05, 3.63) is 42.3 Å². The van der Waals surface area contributed by atoms with Gasteiger partial charge in [0, 0.05) is 0 Å². The van der Waals surface area contributed by atoms with Gasteiger partial charge in [0.15, 0.2) is 0 Å². The molecule has 0 N–H and O–H groups in total. The molecule has 67 valence electrons. The van der Waals surface area contributed by atoms with Gasteiger partial charge in [-0.15, -0.1) is 0 Å². The van der Waals surface area contributed by atoms with Crippen LogP contribution in [0.1, 0.15) is 20.8 Å². The molecule has 0 nitrogen and oxygen atoms in total. The molecule has 0 saturated carbocycles. The molecule has 0 saturated heterocycles. The zero-order valence-corrected chi connectivity index (χ0v) is 9.14. The first-order chi connectivity index (χ1) is 4.73. The average Bonchev–Trinajstić information content (AvgIpc) is 1.90. The summed E-state index contributed by atoms with van der Waals surface area (Å²) in [5.74, 6) is 1.42. The molecule has 0 atom stereocenters. The van der Waals surface area contributed by atoms with Gasteiger partial charge in [-0.2, -0.15) is 57.2 Å². The molecule has 0 aromatic heterocycles. The molecule has 1 rings (SSSR count). The first-order valence-corrected chi connectivity index (χ1v) is 3.41. The van der Waals surface area contributed by atoms with Crippen LogP contribution in [0.3, 0.4) is 0 Å². The van der Waals surface area contributed by atoms with Gasteiger partial charge in [0.1, 0.15) is 0 Å². The molecule has 12 heavy (non-hydrogen) atoms. The van der Waals surface area contributed by atoms with Crippen molar-refractivity contribution in [2.75, 3.05) is 0 Å². The second kappa shape index (κ2) is 13.3. The summed E-state index contributed by atoms with van der Waals surface area (Å²) in [6.07, 6.45) is 0. The molecule has 1 radical (unpaired) electrons. The summed E-state index contributed by atoms with van der Waals surface area (Å²) in [7, 11) is 0. The van der Waals surface area contributed by atoms with Crippen molar-refractivity contribution in [3.63, 3.8) is 0 Å². The molecule has 0 heterocycles. The van der Waals surface area contributed by atoms with Crippen molar-refractivity contribution in [2.24, 2.45) is 0 Å². The molecular formula is C10H15FV. The van der Waals surface area contributed by atoms with Crippen LogP contribution in [0.5, 0.6) is 0 Å². The van der Waals surface area contributed by atoms with Crippen LogP contribution < -0.4 is 0 Å². The fraction of sp³-hybridized carbons (Fsp3) is 0.300. The van der Waals surface area contributed by atoms with Gasteiger partial charge in [-0.05, 0) is 0 Å². The van der Waals surface area contributed by atoms with E-state index >= 15 is 0 Å². The van der Waals surface area contributed by atoms with Gasteiger partial charge in [0.25, 0.3) is 0 Å². The molecule has 0 unspecified atom stereocenters. The van der Waals surface area contributed by atoms with Crippen molar-refractivity contribution in [1.82, 2.24) is 0 Å². The van der Waals surface area contributed by atoms with Gasteiger partial charge in [0.05, 0.1) is 0 Å². The van der Waals surface area contributed by atoms with Crippen molar-refractivity contribution >= 4 is 0 Å². The van der Waals surface area contributed by atoms with E-state index in [0.717, 1.165) is 0 Å². The predicted molar refractivity (Wildman–Crippen MR) is 48.0 cm³/mol. The maximum absolute atomic E-state index is 2.89. The van der Waals surface area contributed by atoms with Gasteiger partial charge < -0.3 is 5.92 Å². The maximum atomic E-state index is 2.89. The molecule has 2 heteroatoms. The summed E-state index contributed by atoms with van der Waals surface area (Å²) in [5.41, 5.74) is 0. The zero-order valence-electron chi connectivity index (χ0n) is 7.74. The summed E-state index contributed by atoms with van der Waals surface area (Å²) >= 11 is 0.